The van der Waals surface area contributed by atoms with Crippen LogP contribution in [0.15, 0.2) is 34.9 Å². The van der Waals surface area contributed by atoms with Gasteiger partial charge in [0.05, 0.1) is 18.3 Å². The molecule has 26 heavy (non-hydrogen) atoms. The van der Waals surface area contributed by atoms with Crippen molar-refractivity contribution in [2.75, 3.05) is 26.7 Å². The summed E-state index contributed by atoms with van der Waals surface area (Å²) in [4.78, 5) is 6.90. The molecular weight excluding hydrogens is 328 g/mol. The van der Waals surface area contributed by atoms with E-state index in [0.717, 1.165) is 54.5 Å². The molecule has 3 aromatic rings. The third-order valence-electron chi connectivity index (χ3n) is 4.86. The summed E-state index contributed by atoms with van der Waals surface area (Å²) in [5.41, 5.74) is 4.28. The van der Waals surface area contributed by atoms with Crippen molar-refractivity contribution in [3.05, 3.63) is 53.1 Å². The van der Waals surface area contributed by atoms with Gasteiger partial charge in [-0.15, -0.1) is 0 Å². The van der Waals surface area contributed by atoms with E-state index in [0.29, 0.717) is 5.89 Å². The molecule has 2 aromatic heterocycles. The SMILES string of the molecule is Cc1cc(C)n(Cc2cccc(-c3nc(C4CNCCN4C)no3)c2)n1. The second-order valence-electron chi connectivity index (χ2n) is 6.94. The quantitative estimate of drug-likeness (QED) is 0.776. The highest BCUT2D eigenvalue weighted by molar-refractivity contribution is 5.54. The van der Waals surface area contributed by atoms with Crippen LogP contribution >= 0.6 is 0 Å². The Labute approximate surface area is 153 Å². The number of piperazine rings is 1. The smallest absolute Gasteiger partial charge is 0.257 e. The molecule has 7 heteroatoms. The molecule has 1 fully saturated rings. The van der Waals surface area contributed by atoms with Crippen molar-refractivity contribution in [1.29, 1.82) is 0 Å². The van der Waals surface area contributed by atoms with Crippen LogP contribution in [-0.2, 0) is 6.54 Å². The Bertz CT molecular complexity index is 899. The molecule has 1 unspecified atom stereocenters. The van der Waals surface area contributed by atoms with Crippen LogP contribution in [0.25, 0.3) is 11.5 Å². The zero-order chi connectivity index (χ0) is 18.1. The van der Waals surface area contributed by atoms with Gasteiger partial charge < -0.3 is 9.84 Å². The van der Waals surface area contributed by atoms with Gasteiger partial charge in [-0.2, -0.15) is 10.1 Å². The Kier molecular flexibility index (Phi) is 4.57. The van der Waals surface area contributed by atoms with Crippen molar-refractivity contribution < 1.29 is 4.52 Å². The first kappa shape index (κ1) is 16.9. The first-order chi connectivity index (χ1) is 12.6. The van der Waals surface area contributed by atoms with E-state index in [-0.39, 0.29) is 6.04 Å². The van der Waals surface area contributed by atoms with Gasteiger partial charge in [0, 0.05) is 30.9 Å². The molecule has 0 saturated carbocycles. The summed E-state index contributed by atoms with van der Waals surface area (Å²) < 4.78 is 7.56. The molecule has 4 rings (SSSR count). The van der Waals surface area contributed by atoms with Gasteiger partial charge in [0.15, 0.2) is 5.82 Å². The van der Waals surface area contributed by atoms with E-state index >= 15 is 0 Å². The summed E-state index contributed by atoms with van der Waals surface area (Å²) in [5.74, 6) is 1.30. The second kappa shape index (κ2) is 7.01. The van der Waals surface area contributed by atoms with Gasteiger partial charge in [0.1, 0.15) is 0 Å². The maximum Gasteiger partial charge on any atom is 0.257 e. The molecule has 1 aliphatic rings. The van der Waals surface area contributed by atoms with E-state index in [1.807, 2.05) is 23.7 Å². The largest absolute Gasteiger partial charge is 0.334 e. The number of rotatable bonds is 4. The van der Waals surface area contributed by atoms with Gasteiger partial charge in [-0.1, -0.05) is 17.3 Å². The third kappa shape index (κ3) is 3.40. The summed E-state index contributed by atoms with van der Waals surface area (Å²) in [6.45, 7) is 7.62. The molecule has 0 amide bonds. The zero-order valence-corrected chi connectivity index (χ0v) is 15.4. The minimum absolute atomic E-state index is 0.152. The average Bonchev–Trinajstić information content (AvgIpc) is 3.23. The maximum atomic E-state index is 5.55. The van der Waals surface area contributed by atoms with E-state index < -0.39 is 0 Å². The summed E-state index contributed by atoms with van der Waals surface area (Å²) in [6.07, 6.45) is 0. The van der Waals surface area contributed by atoms with Gasteiger partial charge in [0.2, 0.25) is 0 Å². The fraction of sp³-hybridized carbons (Fsp3) is 0.421. The number of nitrogens with zero attached hydrogens (tertiary/aromatic N) is 5. The fourth-order valence-electron chi connectivity index (χ4n) is 3.39. The number of nitrogens with one attached hydrogen (secondary N) is 1. The zero-order valence-electron chi connectivity index (χ0n) is 15.4. The number of aromatic nitrogens is 4. The highest BCUT2D eigenvalue weighted by Crippen LogP contribution is 2.23. The van der Waals surface area contributed by atoms with E-state index in [1.165, 1.54) is 0 Å². The summed E-state index contributed by atoms with van der Waals surface area (Å²) in [5, 5.41) is 12.1. The first-order valence-corrected chi connectivity index (χ1v) is 8.95. The molecular formula is C19H24N6O. The predicted molar refractivity (Wildman–Crippen MR) is 98.8 cm³/mol. The Balaban J connectivity index is 1.56. The lowest BCUT2D eigenvalue weighted by Gasteiger charge is -2.30. The number of aryl methyl sites for hydroxylation is 2. The van der Waals surface area contributed by atoms with Crippen LogP contribution in [-0.4, -0.2) is 51.5 Å². The predicted octanol–water partition coefficient (Wildman–Crippen LogP) is 2.17. The van der Waals surface area contributed by atoms with E-state index in [4.69, 9.17) is 4.52 Å². The molecule has 0 bridgehead atoms. The Morgan fingerprint density at radius 1 is 1.27 bits per heavy atom. The van der Waals surface area contributed by atoms with Crippen molar-refractivity contribution in [2.24, 2.45) is 0 Å². The molecule has 1 aromatic carbocycles. The van der Waals surface area contributed by atoms with Crippen LogP contribution in [0.3, 0.4) is 0 Å². The van der Waals surface area contributed by atoms with Gasteiger partial charge >= 0.3 is 0 Å². The van der Waals surface area contributed by atoms with Crippen LogP contribution < -0.4 is 5.32 Å². The number of benzene rings is 1. The van der Waals surface area contributed by atoms with Crippen LogP contribution in [0.5, 0.6) is 0 Å². The maximum absolute atomic E-state index is 5.55. The topological polar surface area (TPSA) is 72.0 Å². The van der Waals surface area contributed by atoms with Crippen LogP contribution in [0, 0.1) is 13.8 Å². The molecule has 0 spiro atoms. The summed E-state index contributed by atoms with van der Waals surface area (Å²) >= 11 is 0. The Morgan fingerprint density at radius 3 is 2.92 bits per heavy atom. The number of likely N-dealkylation sites (N-methyl/N-ethyl adjacent to an activating group) is 1. The van der Waals surface area contributed by atoms with Crippen molar-refractivity contribution in [3.63, 3.8) is 0 Å². The van der Waals surface area contributed by atoms with Crippen LogP contribution in [0.1, 0.15) is 28.8 Å². The van der Waals surface area contributed by atoms with E-state index in [2.05, 4.69) is 57.6 Å². The van der Waals surface area contributed by atoms with E-state index in [9.17, 15) is 0 Å². The van der Waals surface area contributed by atoms with Crippen LogP contribution in [0.4, 0.5) is 0 Å². The van der Waals surface area contributed by atoms with Crippen molar-refractivity contribution in [3.8, 4) is 11.5 Å². The summed E-state index contributed by atoms with van der Waals surface area (Å²) in [6, 6.07) is 10.5. The monoisotopic (exact) mass is 352 g/mol. The van der Waals surface area contributed by atoms with Crippen molar-refractivity contribution in [1.82, 2.24) is 30.1 Å². The number of hydrogen-bond donors (Lipinski definition) is 1. The highest BCUT2D eigenvalue weighted by atomic mass is 16.5. The molecule has 0 aliphatic carbocycles. The molecule has 0 radical (unpaired) electrons. The average molecular weight is 352 g/mol. The molecule has 7 nitrogen and oxygen atoms in total. The molecule has 3 heterocycles. The number of hydrogen-bond acceptors (Lipinski definition) is 6. The van der Waals surface area contributed by atoms with E-state index in [1.54, 1.807) is 0 Å². The van der Waals surface area contributed by atoms with Crippen molar-refractivity contribution >= 4 is 0 Å². The van der Waals surface area contributed by atoms with Gasteiger partial charge in [0.25, 0.3) is 5.89 Å². The normalized spacial score (nSPS) is 18.3. The second-order valence-corrected chi connectivity index (χ2v) is 6.94. The summed E-state index contributed by atoms with van der Waals surface area (Å²) in [7, 11) is 2.09. The van der Waals surface area contributed by atoms with Gasteiger partial charge in [-0.05, 0) is 44.7 Å². The highest BCUT2D eigenvalue weighted by Gasteiger charge is 2.25. The minimum atomic E-state index is 0.152. The lowest BCUT2D eigenvalue weighted by atomic mass is 10.1. The molecule has 136 valence electrons. The van der Waals surface area contributed by atoms with Gasteiger partial charge in [-0.25, -0.2) is 0 Å². The minimum Gasteiger partial charge on any atom is -0.334 e. The molecule has 1 N–H and O–H groups in total. The fourth-order valence-corrected chi connectivity index (χ4v) is 3.39. The molecule has 1 aliphatic heterocycles. The Hall–Kier alpha value is -2.51. The van der Waals surface area contributed by atoms with Gasteiger partial charge in [-0.3, -0.25) is 9.58 Å². The lowest BCUT2D eigenvalue weighted by molar-refractivity contribution is 0.190. The van der Waals surface area contributed by atoms with Crippen molar-refractivity contribution in [2.45, 2.75) is 26.4 Å². The molecule has 1 saturated heterocycles. The van der Waals surface area contributed by atoms with Crippen LogP contribution in [0.2, 0.25) is 0 Å². The Morgan fingerprint density at radius 2 is 2.15 bits per heavy atom. The lowest BCUT2D eigenvalue weighted by Crippen LogP contribution is -2.44. The molecule has 1 atom stereocenters. The standard InChI is InChI=1S/C19H24N6O/c1-13-9-14(2)25(22-13)12-15-5-4-6-16(10-15)19-21-18(23-26-19)17-11-20-7-8-24(17)3/h4-6,9-10,17,20H,7-8,11-12H2,1-3H3. The third-order valence-corrected chi connectivity index (χ3v) is 4.86. The first-order valence-electron chi connectivity index (χ1n) is 8.95.